The molecule has 0 spiro atoms. The van der Waals surface area contributed by atoms with Gasteiger partial charge >= 0.3 is 0 Å². The quantitative estimate of drug-likeness (QED) is 0.731. The SMILES string of the molecule is Cc1nc(C)c(F)c(N2CCSCC2)n1. The van der Waals surface area contributed by atoms with Crippen LogP contribution in [0.3, 0.4) is 0 Å². The summed E-state index contributed by atoms with van der Waals surface area (Å²) in [5, 5.41) is 0. The molecule has 3 nitrogen and oxygen atoms in total. The first-order valence-corrected chi connectivity index (χ1v) is 6.17. The van der Waals surface area contributed by atoms with Crippen LogP contribution in [0.25, 0.3) is 0 Å². The van der Waals surface area contributed by atoms with E-state index in [0.29, 0.717) is 17.3 Å². The molecule has 0 amide bonds. The van der Waals surface area contributed by atoms with E-state index < -0.39 is 0 Å². The minimum absolute atomic E-state index is 0.271. The van der Waals surface area contributed by atoms with E-state index in [1.807, 2.05) is 16.7 Å². The molecule has 0 unspecified atom stereocenters. The summed E-state index contributed by atoms with van der Waals surface area (Å²) < 4.78 is 13.8. The largest absolute Gasteiger partial charge is 0.352 e. The van der Waals surface area contributed by atoms with Crippen molar-refractivity contribution in [3.8, 4) is 0 Å². The Balaban J connectivity index is 2.33. The van der Waals surface area contributed by atoms with Gasteiger partial charge in [0.25, 0.3) is 0 Å². The van der Waals surface area contributed by atoms with E-state index >= 15 is 0 Å². The molecule has 15 heavy (non-hydrogen) atoms. The Kier molecular flexibility index (Phi) is 3.09. The summed E-state index contributed by atoms with van der Waals surface area (Å²) in [6, 6.07) is 0. The lowest BCUT2D eigenvalue weighted by molar-refractivity contribution is 0.590. The first-order valence-electron chi connectivity index (χ1n) is 5.02. The van der Waals surface area contributed by atoms with Crippen LogP contribution in [-0.2, 0) is 0 Å². The van der Waals surface area contributed by atoms with Gasteiger partial charge in [0.05, 0.1) is 5.69 Å². The molecule has 2 heterocycles. The second-order valence-electron chi connectivity index (χ2n) is 3.59. The smallest absolute Gasteiger partial charge is 0.186 e. The Bertz CT molecular complexity index is 364. The number of hydrogen-bond acceptors (Lipinski definition) is 4. The first-order chi connectivity index (χ1) is 7.18. The van der Waals surface area contributed by atoms with E-state index in [0.717, 1.165) is 24.6 Å². The molecule has 0 bridgehead atoms. The highest BCUT2D eigenvalue weighted by Gasteiger charge is 2.18. The summed E-state index contributed by atoms with van der Waals surface area (Å²) in [5.41, 5.74) is 0.440. The van der Waals surface area contributed by atoms with Crippen LogP contribution in [0.5, 0.6) is 0 Å². The number of aryl methyl sites for hydroxylation is 2. The van der Waals surface area contributed by atoms with E-state index in [1.54, 1.807) is 13.8 Å². The van der Waals surface area contributed by atoms with Gasteiger partial charge < -0.3 is 4.90 Å². The van der Waals surface area contributed by atoms with E-state index in [-0.39, 0.29) is 5.82 Å². The number of hydrogen-bond donors (Lipinski definition) is 0. The molecule has 0 saturated carbocycles. The zero-order valence-electron chi connectivity index (χ0n) is 8.96. The van der Waals surface area contributed by atoms with Crippen molar-refractivity contribution < 1.29 is 4.39 Å². The van der Waals surface area contributed by atoms with Crippen molar-refractivity contribution in [1.82, 2.24) is 9.97 Å². The van der Waals surface area contributed by atoms with Gasteiger partial charge in [-0.25, -0.2) is 14.4 Å². The number of thioether (sulfide) groups is 1. The van der Waals surface area contributed by atoms with Gasteiger partial charge in [-0.15, -0.1) is 0 Å². The molecule has 0 radical (unpaired) electrons. The molecular weight excluding hydrogens is 213 g/mol. The van der Waals surface area contributed by atoms with Crippen LogP contribution < -0.4 is 4.90 Å². The van der Waals surface area contributed by atoms with Crippen molar-refractivity contribution in [2.45, 2.75) is 13.8 Å². The van der Waals surface area contributed by atoms with E-state index in [4.69, 9.17) is 0 Å². The summed E-state index contributed by atoms with van der Waals surface area (Å²) in [4.78, 5) is 10.2. The van der Waals surface area contributed by atoms with Crippen molar-refractivity contribution in [2.75, 3.05) is 29.5 Å². The molecular formula is C10H14FN3S. The Morgan fingerprint density at radius 2 is 1.87 bits per heavy atom. The Hall–Kier alpha value is -0.840. The van der Waals surface area contributed by atoms with Gasteiger partial charge in [0, 0.05) is 24.6 Å². The third-order valence-corrected chi connectivity index (χ3v) is 3.36. The minimum Gasteiger partial charge on any atom is -0.352 e. The normalized spacial score (nSPS) is 16.9. The number of halogens is 1. The zero-order valence-corrected chi connectivity index (χ0v) is 9.77. The second kappa shape index (κ2) is 4.35. The molecule has 0 atom stereocenters. The summed E-state index contributed by atoms with van der Waals surface area (Å²) in [7, 11) is 0. The van der Waals surface area contributed by atoms with Crippen molar-refractivity contribution in [3.05, 3.63) is 17.3 Å². The first kappa shape index (κ1) is 10.7. The predicted octanol–water partition coefficient (Wildman–Crippen LogP) is 1.79. The summed E-state index contributed by atoms with van der Waals surface area (Å²) in [5.74, 6) is 2.93. The molecule has 0 aromatic carbocycles. The number of rotatable bonds is 1. The highest BCUT2D eigenvalue weighted by Crippen LogP contribution is 2.21. The van der Waals surface area contributed by atoms with Crippen LogP contribution in [0.15, 0.2) is 0 Å². The third kappa shape index (κ3) is 2.22. The highest BCUT2D eigenvalue weighted by atomic mass is 32.2. The molecule has 82 valence electrons. The molecule has 0 N–H and O–H groups in total. The third-order valence-electron chi connectivity index (χ3n) is 2.42. The van der Waals surface area contributed by atoms with Crippen molar-refractivity contribution in [3.63, 3.8) is 0 Å². The lowest BCUT2D eigenvalue weighted by atomic mass is 10.3. The standard InChI is InChI=1S/C10H14FN3S/c1-7-9(11)10(13-8(2)12-7)14-3-5-15-6-4-14/h3-6H2,1-2H3. The van der Waals surface area contributed by atoms with Crippen LogP contribution in [-0.4, -0.2) is 34.6 Å². The van der Waals surface area contributed by atoms with Gasteiger partial charge in [0.1, 0.15) is 5.82 Å². The second-order valence-corrected chi connectivity index (χ2v) is 4.82. The van der Waals surface area contributed by atoms with Crippen LogP contribution in [0.2, 0.25) is 0 Å². The molecule has 1 fully saturated rings. The number of anilines is 1. The molecule has 5 heteroatoms. The number of nitrogens with zero attached hydrogens (tertiary/aromatic N) is 3. The fourth-order valence-electron chi connectivity index (χ4n) is 1.67. The van der Waals surface area contributed by atoms with E-state index in [1.165, 1.54) is 0 Å². The maximum atomic E-state index is 13.8. The molecule has 1 aliphatic rings. The highest BCUT2D eigenvalue weighted by molar-refractivity contribution is 7.99. The molecule has 1 saturated heterocycles. The predicted molar refractivity (Wildman–Crippen MR) is 61.0 cm³/mol. The Morgan fingerprint density at radius 1 is 1.20 bits per heavy atom. The Morgan fingerprint density at radius 3 is 2.53 bits per heavy atom. The van der Waals surface area contributed by atoms with Gasteiger partial charge in [-0.1, -0.05) is 0 Å². The molecule has 0 aliphatic carbocycles. The zero-order chi connectivity index (χ0) is 10.8. The van der Waals surface area contributed by atoms with Gasteiger partial charge in [0.2, 0.25) is 0 Å². The van der Waals surface area contributed by atoms with Crippen LogP contribution >= 0.6 is 11.8 Å². The van der Waals surface area contributed by atoms with Crippen molar-refractivity contribution in [1.29, 1.82) is 0 Å². The van der Waals surface area contributed by atoms with Crippen molar-refractivity contribution >= 4 is 17.6 Å². The van der Waals surface area contributed by atoms with Gasteiger partial charge in [-0.2, -0.15) is 11.8 Å². The molecule has 1 aliphatic heterocycles. The Labute approximate surface area is 93.1 Å². The molecule has 2 rings (SSSR count). The maximum absolute atomic E-state index is 13.8. The van der Waals surface area contributed by atoms with Crippen LogP contribution in [0.1, 0.15) is 11.5 Å². The van der Waals surface area contributed by atoms with Gasteiger partial charge in [-0.3, -0.25) is 0 Å². The van der Waals surface area contributed by atoms with Crippen LogP contribution in [0.4, 0.5) is 10.2 Å². The molecule has 1 aromatic rings. The van der Waals surface area contributed by atoms with Gasteiger partial charge in [-0.05, 0) is 13.8 Å². The number of aromatic nitrogens is 2. The monoisotopic (exact) mass is 227 g/mol. The average Bonchev–Trinajstić information content (AvgIpc) is 2.24. The summed E-state index contributed by atoms with van der Waals surface area (Å²) >= 11 is 1.90. The topological polar surface area (TPSA) is 29.0 Å². The summed E-state index contributed by atoms with van der Waals surface area (Å²) in [6.07, 6.45) is 0. The van der Waals surface area contributed by atoms with Crippen LogP contribution in [0, 0.1) is 19.7 Å². The fourth-order valence-corrected chi connectivity index (χ4v) is 2.57. The summed E-state index contributed by atoms with van der Waals surface area (Å²) in [6.45, 7) is 5.23. The molecule has 1 aromatic heterocycles. The lowest BCUT2D eigenvalue weighted by Gasteiger charge is -2.28. The lowest BCUT2D eigenvalue weighted by Crippen LogP contribution is -2.34. The van der Waals surface area contributed by atoms with E-state index in [9.17, 15) is 4.39 Å². The average molecular weight is 227 g/mol. The minimum atomic E-state index is -0.271. The fraction of sp³-hybridized carbons (Fsp3) is 0.600. The maximum Gasteiger partial charge on any atom is 0.186 e. The van der Waals surface area contributed by atoms with Gasteiger partial charge in [0.15, 0.2) is 11.6 Å². The van der Waals surface area contributed by atoms with Crippen molar-refractivity contribution in [2.24, 2.45) is 0 Å². The van der Waals surface area contributed by atoms with E-state index in [2.05, 4.69) is 9.97 Å².